The Labute approximate surface area is 84.6 Å². The van der Waals surface area contributed by atoms with E-state index in [2.05, 4.69) is 11.9 Å². The summed E-state index contributed by atoms with van der Waals surface area (Å²) >= 11 is 0. The molecule has 1 rings (SSSR count). The van der Waals surface area contributed by atoms with Gasteiger partial charge in [0.15, 0.2) is 5.78 Å². The lowest BCUT2D eigenvalue weighted by atomic mass is 9.72. The van der Waals surface area contributed by atoms with Crippen LogP contribution in [0.1, 0.15) is 26.7 Å². The Morgan fingerprint density at radius 3 is 2.93 bits per heavy atom. The highest BCUT2D eigenvalue weighted by molar-refractivity contribution is 6.10. The molecule has 0 saturated carbocycles. The van der Waals surface area contributed by atoms with Gasteiger partial charge < -0.3 is 5.32 Å². The average molecular weight is 195 g/mol. The number of nitrogens with one attached hydrogen (secondary N) is 1. The molecule has 1 fully saturated rings. The van der Waals surface area contributed by atoms with Crippen molar-refractivity contribution in [3.8, 4) is 0 Å². The van der Waals surface area contributed by atoms with Gasteiger partial charge in [-0.25, -0.2) is 0 Å². The van der Waals surface area contributed by atoms with Crippen LogP contribution in [0.4, 0.5) is 0 Å². The Kier molecular flexibility index (Phi) is 3.09. The maximum atomic E-state index is 11.8. The molecule has 14 heavy (non-hydrogen) atoms. The third-order valence-electron chi connectivity index (χ3n) is 3.25. The number of rotatable bonds is 2. The molecule has 1 saturated heterocycles. The molecule has 0 radical (unpaired) electrons. The van der Waals surface area contributed by atoms with Crippen molar-refractivity contribution in [2.75, 3.05) is 6.54 Å². The summed E-state index contributed by atoms with van der Waals surface area (Å²) in [5.74, 6) is -0.257. The topological polar surface area (TPSA) is 46.2 Å². The molecule has 2 unspecified atom stereocenters. The van der Waals surface area contributed by atoms with E-state index in [9.17, 15) is 9.59 Å². The van der Waals surface area contributed by atoms with E-state index in [-0.39, 0.29) is 17.6 Å². The van der Waals surface area contributed by atoms with E-state index in [0.29, 0.717) is 6.54 Å². The van der Waals surface area contributed by atoms with Gasteiger partial charge in [-0.05, 0) is 31.8 Å². The van der Waals surface area contributed by atoms with Gasteiger partial charge in [-0.1, -0.05) is 13.5 Å². The van der Waals surface area contributed by atoms with Crippen molar-refractivity contribution >= 4 is 11.7 Å². The fourth-order valence-corrected chi connectivity index (χ4v) is 1.87. The Hall–Kier alpha value is -1.12. The Morgan fingerprint density at radius 1 is 1.71 bits per heavy atom. The summed E-state index contributed by atoms with van der Waals surface area (Å²) in [7, 11) is 0. The average Bonchev–Trinajstić information content (AvgIpc) is 2.31. The molecule has 1 aliphatic rings. The van der Waals surface area contributed by atoms with Crippen LogP contribution in [0.3, 0.4) is 0 Å². The van der Waals surface area contributed by atoms with Gasteiger partial charge in [0.25, 0.3) is 0 Å². The number of hydrogen-bond donors (Lipinski definition) is 1. The molecule has 78 valence electrons. The standard InChI is InChI=1S/C11H17NO2/c1-4-9(13)11(3)8(2)6-5-7-12-10(11)14/h4,8H,1,5-7H2,2-3H3,(H,12,14). The van der Waals surface area contributed by atoms with Crippen LogP contribution < -0.4 is 5.32 Å². The highest BCUT2D eigenvalue weighted by Crippen LogP contribution is 2.34. The van der Waals surface area contributed by atoms with Gasteiger partial charge in [-0.15, -0.1) is 0 Å². The summed E-state index contributed by atoms with van der Waals surface area (Å²) in [4.78, 5) is 23.5. The lowest BCUT2D eigenvalue weighted by Crippen LogP contribution is -2.46. The van der Waals surface area contributed by atoms with Crippen LogP contribution in [0.15, 0.2) is 12.7 Å². The number of hydrogen-bond acceptors (Lipinski definition) is 2. The van der Waals surface area contributed by atoms with Gasteiger partial charge in [-0.3, -0.25) is 9.59 Å². The third-order valence-corrected chi connectivity index (χ3v) is 3.25. The predicted octanol–water partition coefficient (Wildman–Crippen LogP) is 1.29. The van der Waals surface area contributed by atoms with Gasteiger partial charge in [0.2, 0.25) is 5.91 Å². The number of allylic oxidation sites excluding steroid dienone is 1. The molecule has 0 spiro atoms. The Morgan fingerprint density at radius 2 is 2.36 bits per heavy atom. The molecule has 0 aromatic carbocycles. The third kappa shape index (κ3) is 1.59. The molecule has 1 amide bonds. The Balaban J connectivity index is 3.04. The summed E-state index contributed by atoms with van der Waals surface area (Å²) in [6.45, 7) is 7.78. The minimum atomic E-state index is -0.918. The van der Waals surface area contributed by atoms with Gasteiger partial charge in [0.05, 0.1) is 0 Å². The zero-order valence-corrected chi connectivity index (χ0v) is 8.80. The lowest BCUT2D eigenvalue weighted by molar-refractivity contribution is -0.141. The molecule has 1 aliphatic heterocycles. The van der Waals surface area contributed by atoms with Gasteiger partial charge in [0, 0.05) is 6.54 Å². The van der Waals surface area contributed by atoms with Crippen molar-refractivity contribution in [3.05, 3.63) is 12.7 Å². The van der Waals surface area contributed by atoms with Crippen LogP contribution in [-0.4, -0.2) is 18.2 Å². The summed E-state index contributed by atoms with van der Waals surface area (Å²) in [5, 5.41) is 2.77. The number of amides is 1. The summed E-state index contributed by atoms with van der Waals surface area (Å²) in [6.07, 6.45) is 3.09. The van der Waals surface area contributed by atoms with Crippen LogP contribution in [0.5, 0.6) is 0 Å². The summed E-state index contributed by atoms with van der Waals surface area (Å²) in [6, 6.07) is 0. The van der Waals surface area contributed by atoms with Crippen molar-refractivity contribution in [2.24, 2.45) is 11.3 Å². The molecule has 3 nitrogen and oxygen atoms in total. The second kappa shape index (κ2) is 3.95. The number of ketones is 1. The molecule has 0 aromatic rings. The monoisotopic (exact) mass is 195 g/mol. The maximum absolute atomic E-state index is 11.8. The minimum Gasteiger partial charge on any atom is -0.355 e. The molecule has 1 N–H and O–H groups in total. The molecular weight excluding hydrogens is 178 g/mol. The van der Waals surface area contributed by atoms with E-state index in [0.717, 1.165) is 12.8 Å². The molecular formula is C11H17NO2. The highest BCUT2D eigenvalue weighted by atomic mass is 16.2. The van der Waals surface area contributed by atoms with Gasteiger partial charge in [0.1, 0.15) is 5.41 Å². The van der Waals surface area contributed by atoms with Gasteiger partial charge >= 0.3 is 0 Å². The zero-order valence-electron chi connectivity index (χ0n) is 8.80. The normalized spacial score (nSPS) is 33.0. The van der Waals surface area contributed by atoms with E-state index >= 15 is 0 Å². The SMILES string of the molecule is C=CC(=O)C1(C)C(=O)NCCCC1C. The van der Waals surface area contributed by atoms with E-state index in [1.54, 1.807) is 6.92 Å². The smallest absolute Gasteiger partial charge is 0.234 e. The second-order valence-electron chi connectivity index (χ2n) is 4.07. The fraction of sp³-hybridized carbons (Fsp3) is 0.636. The molecule has 3 heteroatoms. The molecule has 1 heterocycles. The molecule has 0 aromatic heterocycles. The van der Waals surface area contributed by atoms with Crippen molar-refractivity contribution < 1.29 is 9.59 Å². The van der Waals surface area contributed by atoms with Crippen LogP contribution in [0, 0.1) is 11.3 Å². The van der Waals surface area contributed by atoms with Crippen molar-refractivity contribution in [1.29, 1.82) is 0 Å². The second-order valence-corrected chi connectivity index (χ2v) is 4.07. The van der Waals surface area contributed by atoms with Crippen LogP contribution in [0.2, 0.25) is 0 Å². The van der Waals surface area contributed by atoms with Crippen molar-refractivity contribution in [3.63, 3.8) is 0 Å². The molecule has 2 atom stereocenters. The lowest BCUT2D eigenvalue weighted by Gasteiger charge is -2.29. The first-order valence-electron chi connectivity index (χ1n) is 4.98. The van der Waals surface area contributed by atoms with E-state index in [4.69, 9.17) is 0 Å². The van der Waals surface area contributed by atoms with E-state index in [1.165, 1.54) is 6.08 Å². The van der Waals surface area contributed by atoms with Crippen LogP contribution in [-0.2, 0) is 9.59 Å². The molecule has 0 aliphatic carbocycles. The Bertz CT molecular complexity index is 272. The highest BCUT2D eigenvalue weighted by Gasteiger charge is 2.44. The quantitative estimate of drug-likeness (QED) is 0.533. The first-order valence-corrected chi connectivity index (χ1v) is 4.98. The van der Waals surface area contributed by atoms with E-state index < -0.39 is 5.41 Å². The largest absolute Gasteiger partial charge is 0.355 e. The predicted molar refractivity (Wildman–Crippen MR) is 54.7 cm³/mol. The zero-order chi connectivity index (χ0) is 10.8. The summed E-state index contributed by atoms with van der Waals surface area (Å²) < 4.78 is 0. The van der Waals surface area contributed by atoms with Gasteiger partial charge in [-0.2, -0.15) is 0 Å². The molecule has 0 bridgehead atoms. The van der Waals surface area contributed by atoms with Crippen molar-refractivity contribution in [1.82, 2.24) is 5.32 Å². The van der Waals surface area contributed by atoms with Crippen LogP contribution in [0.25, 0.3) is 0 Å². The van der Waals surface area contributed by atoms with Crippen molar-refractivity contribution in [2.45, 2.75) is 26.7 Å². The first kappa shape index (κ1) is 11.0. The summed E-state index contributed by atoms with van der Waals surface area (Å²) in [5.41, 5.74) is -0.918. The number of carbonyl (C=O) groups excluding carboxylic acids is 2. The fourth-order valence-electron chi connectivity index (χ4n) is 1.87. The first-order chi connectivity index (χ1) is 6.53. The minimum absolute atomic E-state index is 0.0792. The van der Waals surface area contributed by atoms with E-state index in [1.807, 2.05) is 6.92 Å². The number of carbonyl (C=O) groups is 2. The van der Waals surface area contributed by atoms with Crippen LogP contribution >= 0.6 is 0 Å². The maximum Gasteiger partial charge on any atom is 0.234 e.